The molecule has 542 valence electrons. The maximum Gasteiger partial charge on any atom is 0.305 e. The second-order valence-corrected chi connectivity index (χ2v) is 28.8. The number of unbranched alkanes of at least 4 members (excludes halogenated alkanes) is 62. The first-order valence-electron chi connectivity index (χ1n) is 41.9. The van der Waals surface area contributed by atoms with Crippen LogP contribution in [0.2, 0.25) is 0 Å². The molecule has 6 nitrogen and oxygen atoms in total. The van der Waals surface area contributed by atoms with Crippen LogP contribution in [0, 0.1) is 0 Å². The van der Waals surface area contributed by atoms with E-state index in [2.05, 4.69) is 55.6 Å². The van der Waals surface area contributed by atoms with Gasteiger partial charge in [-0.1, -0.05) is 409 Å². The van der Waals surface area contributed by atoms with Gasteiger partial charge in [-0.25, -0.2) is 0 Å². The molecule has 6 heteroatoms. The van der Waals surface area contributed by atoms with Gasteiger partial charge in [-0.2, -0.15) is 0 Å². The van der Waals surface area contributed by atoms with Gasteiger partial charge < -0.3 is 20.3 Å². The van der Waals surface area contributed by atoms with Crippen molar-refractivity contribution >= 4 is 11.9 Å². The van der Waals surface area contributed by atoms with Crippen LogP contribution >= 0.6 is 0 Å². The minimum atomic E-state index is -0.844. The molecule has 2 unspecified atom stereocenters. The van der Waals surface area contributed by atoms with Crippen molar-refractivity contribution in [3.05, 3.63) is 48.6 Å². The Labute approximate surface area is 576 Å². The molecule has 0 aromatic rings. The fourth-order valence-electron chi connectivity index (χ4n) is 13.2. The molecule has 0 aliphatic heterocycles. The fraction of sp³-hybridized carbons (Fsp3) is 0.884. The predicted molar refractivity (Wildman–Crippen MR) is 407 cm³/mol. The number of carbonyl (C=O) groups excluding carboxylic acids is 2. The van der Waals surface area contributed by atoms with Crippen LogP contribution in [0.3, 0.4) is 0 Å². The molecule has 0 aromatic heterocycles. The van der Waals surface area contributed by atoms with E-state index in [4.69, 9.17) is 4.74 Å². The van der Waals surface area contributed by atoms with Crippen molar-refractivity contribution in [1.82, 2.24) is 5.32 Å². The summed E-state index contributed by atoms with van der Waals surface area (Å²) in [6.07, 6.45) is 108. The minimum Gasteiger partial charge on any atom is -0.466 e. The monoisotopic (exact) mass is 1290 g/mol. The lowest BCUT2D eigenvalue weighted by Gasteiger charge is -2.20. The maximum absolute atomic E-state index is 12.6. The third-order valence-electron chi connectivity index (χ3n) is 19.6. The lowest BCUT2D eigenvalue weighted by molar-refractivity contribution is -0.143. The number of rotatable bonds is 79. The molecule has 0 spiro atoms. The highest BCUT2D eigenvalue weighted by Gasteiger charge is 2.18. The van der Waals surface area contributed by atoms with Crippen LogP contribution in [0.5, 0.6) is 0 Å². The summed E-state index contributed by atoms with van der Waals surface area (Å²) in [5, 5.41) is 23.3. The van der Waals surface area contributed by atoms with Gasteiger partial charge in [0.15, 0.2) is 0 Å². The van der Waals surface area contributed by atoms with E-state index in [1.165, 1.54) is 385 Å². The molecule has 3 N–H and O–H groups in total. The molecule has 0 fully saturated rings. The van der Waals surface area contributed by atoms with Crippen molar-refractivity contribution in [3.63, 3.8) is 0 Å². The minimum absolute atomic E-state index is 0.00648. The van der Waals surface area contributed by atoms with Gasteiger partial charge >= 0.3 is 5.97 Å². The van der Waals surface area contributed by atoms with Crippen molar-refractivity contribution in [1.29, 1.82) is 0 Å². The Morgan fingerprint density at radius 1 is 0.304 bits per heavy atom. The van der Waals surface area contributed by atoms with E-state index in [1.807, 2.05) is 6.08 Å². The number of nitrogens with one attached hydrogen (secondary N) is 1. The third kappa shape index (κ3) is 76.8. The Hall–Kier alpha value is -2.18. The Kier molecular flexibility index (Phi) is 79.3. The summed E-state index contributed by atoms with van der Waals surface area (Å²) in [7, 11) is 0. The summed E-state index contributed by atoms with van der Waals surface area (Å²) < 4.78 is 5.49. The third-order valence-corrected chi connectivity index (χ3v) is 19.6. The van der Waals surface area contributed by atoms with Crippen LogP contribution in [-0.2, 0) is 14.3 Å². The number of hydrogen-bond acceptors (Lipinski definition) is 5. The predicted octanol–water partition coefficient (Wildman–Crippen LogP) is 27.9. The number of esters is 1. The molecule has 0 rings (SSSR count). The summed E-state index contributed by atoms with van der Waals surface area (Å²) in [6, 6.07) is -0.627. The molecular formula is C86H163NO5. The number of allylic oxidation sites excluding steroid dienone is 7. The van der Waals surface area contributed by atoms with Crippen LogP contribution in [0.25, 0.3) is 0 Å². The van der Waals surface area contributed by atoms with Crippen molar-refractivity contribution < 1.29 is 24.5 Å². The summed E-state index contributed by atoms with van der Waals surface area (Å²) >= 11 is 0. The molecular weight excluding hydrogens is 1130 g/mol. The Morgan fingerprint density at radius 2 is 0.543 bits per heavy atom. The molecule has 0 aliphatic rings. The van der Waals surface area contributed by atoms with Crippen molar-refractivity contribution in [2.75, 3.05) is 13.2 Å². The van der Waals surface area contributed by atoms with Gasteiger partial charge in [-0.15, -0.1) is 0 Å². The smallest absolute Gasteiger partial charge is 0.305 e. The van der Waals surface area contributed by atoms with Crippen molar-refractivity contribution in [2.45, 2.75) is 475 Å². The largest absolute Gasteiger partial charge is 0.466 e. The second-order valence-electron chi connectivity index (χ2n) is 28.8. The Bertz CT molecular complexity index is 1540. The second kappa shape index (κ2) is 81.2. The Balaban J connectivity index is 3.37. The average Bonchev–Trinajstić information content (AvgIpc) is 3.57. The highest BCUT2D eigenvalue weighted by molar-refractivity contribution is 5.76. The van der Waals surface area contributed by atoms with Gasteiger partial charge in [-0.3, -0.25) is 9.59 Å². The zero-order valence-electron chi connectivity index (χ0n) is 62.3. The van der Waals surface area contributed by atoms with Gasteiger partial charge in [0.25, 0.3) is 0 Å². The quantitative estimate of drug-likeness (QED) is 0.0320. The molecule has 0 aliphatic carbocycles. The zero-order chi connectivity index (χ0) is 66.3. The number of ether oxygens (including phenoxy) is 1. The number of amides is 1. The molecule has 1 amide bonds. The molecule has 0 saturated carbocycles. The number of hydrogen-bond donors (Lipinski definition) is 3. The Morgan fingerprint density at radius 3 is 0.859 bits per heavy atom. The van der Waals surface area contributed by atoms with E-state index in [0.29, 0.717) is 19.4 Å². The highest BCUT2D eigenvalue weighted by Crippen LogP contribution is 2.20. The number of carbonyl (C=O) groups is 2. The molecule has 92 heavy (non-hydrogen) atoms. The van der Waals surface area contributed by atoms with E-state index in [1.54, 1.807) is 6.08 Å². The molecule has 0 radical (unpaired) electrons. The zero-order valence-corrected chi connectivity index (χ0v) is 62.3. The normalized spacial score (nSPS) is 12.7. The standard InChI is InChI=1S/C86H163NO5/c1-3-5-7-9-11-13-15-17-19-20-21-22-23-35-38-41-44-47-51-54-58-62-66-70-74-78-84(89)83(82-88)87-85(90)79-75-71-67-63-59-55-52-48-45-42-39-36-33-31-29-27-25-24-26-28-30-32-34-37-40-43-46-49-53-57-61-65-69-73-77-81-92-86(91)80-76-72-68-64-60-56-50-18-16-14-12-10-8-6-4-2/h12,14,18,26,28,50,74,78,83-84,88-89H,3-11,13,15-17,19-25,27,29-49,51-73,75-77,79-82H2,1-2H3,(H,87,90)/b14-12-,28-26-,50-18-,78-74+. The molecule has 0 saturated heterocycles. The maximum atomic E-state index is 12.6. The van der Waals surface area contributed by atoms with E-state index in [0.717, 1.165) is 51.4 Å². The lowest BCUT2D eigenvalue weighted by atomic mass is 10.0. The SMILES string of the molecule is CCCCC/C=C\C/C=C\CCCCCCCC(=O)OCCCCCCCCCCCCCCCC/C=C\CCCCCCCCCCCCCCCCCCCC(=O)NC(CO)C(O)/C=C/CCCCCCCCCCCCCCCCCCCCCCCCC. The van der Waals surface area contributed by atoms with Crippen LogP contribution < -0.4 is 5.32 Å². The summed E-state index contributed by atoms with van der Waals surface area (Å²) in [5.74, 6) is -0.0528. The van der Waals surface area contributed by atoms with Gasteiger partial charge in [0, 0.05) is 12.8 Å². The van der Waals surface area contributed by atoms with E-state index >= 15 is 0 Å². The first-order valence-corrected chi connectivity index (χ1v) is 41.9. The molecule has 2 atom stereocenters. The fourth-order valence-corrected chi connectivity index (χ4v) is 13.2. The summed E-state index contributed by atoms with van der Waals surface area (Å²) in [6.45, 7) is 4.92. The molecule has 0 heterocycles. The van der Waals surface area contributed by atoms with Crippen LogP contribution in [0.4, 0.5) is 0 Å². The van der Waals surface area contributed by atoms with E-state index < -0.39 is 12.1 Å². The van der Waals surface area contributed by atoms with Gasteiger partial charge in [0.05, 0.1) is 25.4 Å². The van der Waals surface area contributed by atoms with Gasteiger partial charge in [-0.05, 0) is 89.9 Å². The van der Waals surface area contributed by atoms with Crippen LogP contribution in [0.15, 0.2) is 48.6 Å². The summed E-state index contributed by atoms with van der Waals surface area (Å²) in [5.41, 5.74) is 0. The first kappa shape index (κ1) is 89.8. The van der Waals surface area contributed by atoms with Gasteiger partial charge in [0.2, 0.25) is 5.91 Å². The van der Waals surface area contributed by atoms with Gasteiger partial charge in [0.1, 0.15) is 0 Å². The molecule has 0 bridgehead atoms. The highest BCUT2D eigenvalue weighted by atomic mass is 16.5. The van der Waals surface area contributed by atoms with Crippen molar-refractivity contribution in [2.24, 2.45) is 0 Å². The van der Waals surface area contributed by atoms with E-state index in [-0.39, 0.29) is 18.5 Å². The number of aliphatic hydroxyl groups excluding tert-OH is 2. The first-order chi connectivity index (χ1) is 45.5. The topological polar surface area (TPSA) is 95.9 Å². The van der Waals surface area contributed by atoms with Crippen LogP contribution in [0.1, 0.15) is 463 Å². The summed E-state index contributed by atoms with van der Waals surface area (Å²) in [4.78, 5) is 24.6. The number of aliphatic hydroxyl groups is 2. The molecule has 0 aromatic carbocycles. The van der Waals surface area contributed by atoms with Crippen molar-refractivity contribution in [3.8, 4) is 0 Å². The van der Waals surface area contributed by atoms with Crippen LogP contribution in [-0.4, -0.2) is 47.4 Å². The van der Waals surface area contributed by atoms with E-state index in [9.17, 15) is 19.8 Å². The lowest BCUT2D eigenvalue weighted by Crippen LogP contribution is -2.45. The average molecular weight is 1290 g/mol.